The number of benzene rings is 2. The van der Waals surface area contributed by atoms with E-state index in [4.69, 9.17) is 18.7 Å². The number of aromatic nitrogens is 4. The fourth-order valence-electron chi connectivity index (χ4n) is 2.81. The first-order valence-electron chi connectivity index (χ1n) is 8.93. The third-order valence-corrected chi connectivity index (χ3v) is 4.38. The Hall–Kier alpha value is -4.14. The first kappa shape index (κ1) is 19.2. The normalized spacial score (nSPS) is 10.6. The van der Waals surface area contributed by atoms with Crippen LogP contribution in [0, 0.1) is 0 Å². The van der Waals surface area contributed by atoms with Gasteiger partial charge in [0, 0.05) is 23.9 Å². The van der Waals surface area contributed by atoms with Crippen LogP contribution in [0.15, 0.2) is 64.0 Å². The van der Waals surface area contributed by atoms with Gasteiger partial charge in [-0.25, -0.2) is 4.68 Å². The van der Waals surface area contributed by atoms with E-state index in [1.807, 2.05) is 12.1 Å². The van der Waals surface area contributed by atoms with Crippen LogP contribution in [0.1, 0.15) is 0 Å². The van der Waals surface area contributed by atoms with Crippen molar-refractivity contribution < 1.29 is 18.7 Å². The van der Waals surface area contributed by atoms with E-state index in [9.17, 15) is 4.79 Å². The van der Waals surface area contributed by atoms with Crippen molar-refractivity contribution >= 4 is 0 Å². The molecule has 9 heteroatoms. The zero-order valence-electron chi connectivity index (χ0n) is 16.5. The first-order chi connectivity index (χ1) is 14.6. The molecule has 0 atom stereocenters. The molecule has 2 aromatic heterocycles. The second kappa shape index (κ2) is 8.08. The Bertz CT molecular complexity index is 1210. The van der Waals surface area contributed by atoms with Crippen LogP contribution in [0.25, 0.3) is 28.7 Å². The molecule has 0 bridgehead atoms. The quantitative estimate of drug-likeness (QED) is 0.482. The van der Waals surface area contributed by atoms with Crippen molar-refractivity contribution in [2.75, 3.05) is 21.3 Å². The molecule has 0 fully saturated rings. The predicted octanol–water partition coefficient (Wildman–Crippen LogP) is 2.98. The third kappa shape index (κ3) is 3.72. The number of hydrogen-bond acceptors (Lipinski definition) is 8. The van der Waals surface area contributed by atoms with Gasteiger partial charge in [0.2, 0.25) is 11.3 Å². The Morgan fingerprint density at radius 2 is 1.53 bits per heavy atom. The van der Waals surface area contributed by atoms with Crippen LogP contribution in [0.2, 0.25) is 0 Å². The Morgan fingerprint density at radius 1 is 0.867 bits per heavy atom. The van der Waals surface area contributed by atoms with Crippen LogP contribution in [0.3, 0.4) is 0 Å². The molecule has 0 N–H and O–H groups in total. The molecule has 0 saturated heterocycles. The lowest BCUT2D eigenvalue weighted by atomic mass is 10.2. The highest BCUT2D eigenvalue weighted by Gasteiger charge is 2.17. The molecular weight excluding hydrogens is 388 g/mol. The van der Waals surface area contributed by atoms with Crippen LogP contribution in [-0.4, -0.2) is 41.3 Å². The fourth-order valence-corrected chi connectivity index (χ4v) is 2.81. The Labute approximate surface area is 171 Å². The first-order valence-corrected chi connectivity index (χ1v) is 8.93. The van der Waals surface area contributed by atoms with Gasteiger partial charge in [-0.1, -0.05) is 5.16 Å². The molecule has 2 heterocycles. The van der Waals surface area contributed by atoms with Crippen LogP contribution >= 0.6 is 0 Å². The summed E-state index contributed by atoms with van der Waals surface area (Å²) in [7, 11) is 4.70. The van der Waals surface area contributed by atoms with E-state index >= 15 is 0 Å². The summed E-state index contributed by atoms with van der Waals surface area (Å²) in [6, 6.07) is 13.9. The van der Waals surface area contributed by atoms with Crippen molar-refractivity contribution in [3.8, 4) is 45.9 Å². The van der Waals surface area contributed by atoms with E-state index in [1.165, 1.54) is 6.07 Å². The van der Waals surface area contributed by atoms with Gasteiger partial charge in [-0.05, 0) is 36.4 Å². The van der Waals surface area contributed by atoms with E-state index in [1.54, 1.807) is 62.5 Å². The molecule has 0 unspecified atom stereocenters. The van der Waals surface area contributed by atoms with Gasteiger partial charge in [-0.3, -0.25) is 4.79 Å². The lowest BCUT2D eigenvalue weighted by Crippen LogP contribution is -2.12. The monoisotopic (exact) mass is 406 g/mol. The van der Waals surface area contributed by atoms with Crippen molar-refractivity contribution in [1.82, 2.24) is 19.9 Å². The van der Waals surface area contributed by atoms with Crippen molar-refractivity contribution in [1.29, 1.82) is 0 Å². The minimum Gasteiger partial charge on any atom is -0.497 e. The van der Waals surface area contributed by atoms with Gasteiger partial charge < -0.3 is 18.7 Å². The molecule has 0 aliphatic rings. The summed E-state index contributed by atoms with van der Waals surface area (Å²) >= 11 is 0. The molecule has 9 nitrogen and oxygen atoms in total. The number of nitrogens with zero attached hydrogens (tertiary/aromatic N) is 4. The second-order valence-electron chi connectivity index (χ2n) is 6.20. The van der Waals surface area contributed by atoms with Crippen LogP contribution in [-0.2, 0) is 0 Å². The molecule has 0 spiro atoms. The van der Waals surface area contributed by atoms with Gasteiger partial charge in [-0.15, -0.1) is 0 Å². The predicted molar refractivity (Wildman–Crippen MR) is 108 cm³/mol. The van der Waals surface area contributed by atoms with Gasteiger partial charge in [0.05, 0.1) is 27.0 Å². The molecule has 0 aliphatic heterocycles. The lowest BCUT2D eigenvalue weighted by molar-refractivity contribution is 0.394. The Balaban J connectivity index is 1.72. The maximum Gasteiger partial charge on any atom is 0.282 e. The zero-order valence-corrected chi connectivity index (χ0v) is 16.5. The topological polar surface area (TPSA) is 102 Å². The van der Waals surface area contributed by atoms with E-state index in [-0.39, 0.29) is 22.8 Å². The fraction of sp³-hybridized carbons (Fsp3) is 0.143. The number of methoxy groups -OCH3 is 3. The molecule has 0 amide bonds. The van der Waals surface area contributed by atoms with E-state index in [2.05, 4.69) is 15.2 Å². The lowest BCUT2D eigenvalue weighted by Gasteiger charge is -2.07. The highest BCUT2D eigenvalue weighted by atomic mass is 16.5. The summed E-state index contributed by atoms with van der Waals surface area (Å²) in [4.78, 5) is 16.7. The Morgan fingerprint density at radius 3 is 2.17 bits per heavy atom. The van der Waals surface area contributed by atoms with Crippen molar-refractivity contribution in [2.45, 2.75) is 0 Å². The van der Waals surface area contributed by atoms with Crippen molar-refractivity contribution in [2.24, 2.45) is 0 Å². The zero-order chi connectivity index (χ0) is 21.1. The number of rotatable bonds is 6. The summed E-state index contributed by atoms with van der Waals surface area (Å²) in [6.45, 7) is 0. The van der Waals surface area contributed by atoms with E-state index in [0.717, 1.165) is 11.4 Å². The molecule has 152 valence electrons. The van der Waals surface area contributed by atoms with Crippen LogP contribution in [0.4, 0.5) is 0 Å². The summed E-state index contributed by atoms with van der Waals surface area (Å²) in [6.07, 6.45) is 1.57. The molecule has 4 aromatic rings. The summed E-state index contributed by atoms with van der Waals surface area (Å²) < 4.78 is 22.6. The average Bonchev–Trinajstić information content (AvgIpc) is 3.29. The van der Waals surface area contributed by atoms with E-state index in [0.29, 0.717) is 17.1 Å². The summed E-state index contributed by atoms with van der Waals surface area (Å²) in [5.41, 5.74) is 1.07. The highest BCUT2D eigenvalue weighted by Crippen LogP contribution is 2.29. The maximum absolute atomic E-state index is 12.4. The van der Waals surface area contributed by atoms with Crippen molar-refractivity contribution in [3.05, 3.63) is 65.0 Å². The van der Waals surface area contributed by atoms with E-state index < -0.39 is 0 Å². The molecular formula is C21H18N4O5. The average molecular weight is 406 g/mol. The second-order valence-corrected chi connectivity index (χ2v) is 6.20. The largest absolute Gasteiger partial charge is 0.497 e. The van der Waals surface area contributed by atoms with Crippen LogP contribution < -0.4 is 19.6 Å². The molecule has 0 saturated carbocycles. The molecule has 30 heavy (non-hydrogen) atoms. The molecule has 2 aromatic carbocycles. The molecule has 0 radical (unpaired) electrons. The van der Waals surface area contributed by atoms with Gasteiger partial charge in [0.1, 0.15) is 17.2 Å². The molecule has 0 aliphatic carbocycles. The standard InChI is InChI=1S/C21H18N4O5/c1-27-15-6-4-14(5-7-15)25-9-8-18(26)19(23-25)21-22-20(24-30-21)13-10-16(28-2)12-17(11-13)29-3/h4-12H,1-3H3. The number of ether oxygens (including phenoxy) is 3. The number of hydrogen-bond donors (Lipinski definition) is 0. The maximum atomic E-state index is 12.4. The van der Waals surface area contributed by atoms with Gasteiger partial charge in [0.15, 0.2) is 5.69 Å². The van der Waals surface area contributed by atoms with Gasteiger partial charge in [0.25, 0.3) is 5.89 Å². The summed E-state index contributed by atoms with van der Waals surface area (Å²) in [5, 5.41) is 8.34. The van der Waals surface area contributed by atoms with Gasteiger partial charge >= 0.3 is 0 Å². The minimum atomic E-state index is -0.335. The smallest absolute Gasteiger partial charge is 0.282 e. The van der Waals surface area contributed by atoms with Crippen molar-refractivity contribution in [3.63, 3.8) is 0 Å². The molecule has 4 rings (SSSR count). The van der Waals surface area contributed by atoms with Crippen LogP contribution in [0.5, 0.6) is 17.2 Å². The SMILES string of the molecule is COc1ccc(-n2ccc(=O)c(-c3nc(-c4cc(OC)cc(OC)c4)no3)n2)cc1. The Kier molecular flexibility index (Phi) is 5.17. The van der Waals surface area contributed by atoms with Gasteiger partial charge in [-0.2, -0.15) is 10.1 Å². The summed E-state index contributed by atoms with van der Waals surface area (Å²) in [5.74, 6) is 2.17. The highest BCUT2D eigenvalue weighted by molar-refractivity contribution is 5.62. The minimum absolute atomic E-state index is 0.0136. The third-order valence-electron chi connectivity index (χ3n) is 4.38.